The van der Waals surface area contributed by atoms with Crippen LogP contribution < -0.4 is 10.6 Å². The molecule has 0 saturated heterocycles. The van der Waals surface area contributed by atoms with Crippen LogP contribution in [0.3, 0.4) is 0 Å². The lowest BCUT2D eigenvalue weighted by molar-refractivity contribution is -0.138. The van der Waals surface area contributed by atoms with Gasteiger partial charge in [-0.3, -0.25) is 14.5 Å². The van der Waals surface area contributed by atoms with E-state index in [9.17, 15) is 14.4 Å². The van der Waals surface area contributed by atoms with Gasteiger partial charge in [-0.15, -0.1) is 0 Å². The summed E-state index contributed by atoms with van der Waals surface area (Å²) in [7, 11) is 0. The number of carbonyl (C=O) groups is 3. The fourth-order valence-electron chi connectivity index (χ4n) is 2.81. The molecule has 0 aliphatic heterocycles. The maximum Gasteiger partial charge on any atom is 0.408 e. The number of rotatable bonds is 5. The molecule has 2 unspecified atom stereocenters. The molecule has 2 N–H and O–H groups in total. The highest BCUT2D eigenvalue weighted by molar-refractivity contribution is 5.93. The van der Waals surface area contributed by atoms with Gasteiger partial charge in [-0.2, -0.15) is 0 Å². The second-order valence-electron chi connectivity index (χ2n) is 9.69. The van der Waals surface area contributed by atoms with Gasteiger partial charge in [0.15, 0.2) is 0 Å². The molecule has 3 amide bonds. The number of benzene rings is 1. The normalized spacial score (nSPS) is 13.4. The zero-order valence-corrected chi connectivity index (χ0v) is 20.0. The molecule has 170 valence electrons. The highest BCUT2D eigenvalue weighted by Crippen LogP contribution is 2.25. The van der Waals surface area contributed by atoms with E-state index in [-0.39, 0.29) is 0 Å². The Morgan fingerprint density at radius 3 is 2.10 bits per heavy atom. The van der Waals surface area contributed by atoms with E-state index in [1.807, 2.05) is 46.8 Å². The van der Waals surface area contributed by atoms with Crippen LogP contribution in [0.2, 0.25) is 0 Å². The van der Waals surface area contributed by atoms with Crippen molar-refractivity contribution < 1.29 is 19.1 Å². The lowest BCUT2D eigenvalue weighted by Crippen LogP contribution is -2.52. The maximum atomic E-state index is 13.2. The fraction of sp³-hybridized carbons (Fsp3) is 0.542. The first-order valence-electron chi connectivity index (χ1n) is 10.2. The Morgan fingerprint density at radius 2 is 1.65 bits per heavy atom. The third kappa shape index (κ3) is 7.97. The highest BCUT2D eigenvalue weighted by Gasteiger charge is 2.35. The number of amides is 3. The molecule has 0 fully saturated rings. The number of hydrogen-bond donors (Lipinski definition) is 2. The van der Waals surface area contributed by atoms with Gasteiger partial charge in [0.1, 0.15) is 17.7 Å². The summed E-state index contributed by atoms with van der Waals surface area (Å²) < 4.78 is 5.21. The summed E-state index contributed by atoms with van der Waals surface area (Å²) in [4.78, 5) is 39.4. The highest BCUT2D eigenvalue weighted by atomic mass is 16.6. The van der Waals surface area contributed by atoms with Crippen LogP contribution >= 0.6 is 0 Å². The molecule has 0 aliphatic rings. The van der Waals surface area contributed by atoms with Crippen LogP contribution in [-0.2, 0) is 14.3 Å². The Balaban J connectivity index is 3.28. The van der Waals surface area contributed by atoms with Crippen LogP contribution in [0.25, 0.3) is 0 Å². The zero-order valence-electron chi connectivity index (χ0n) is 20.0. The summed E-state index contributed by atoms with van der Waals surface area (Å²) in [5.74, 6) is -1.01. The molecule has 0 bridgehead atoms. The summed E-state index contributed by atoms with van der Waals surface area (Å²) in [6.07, 6.45) is 4.94. The summed E-state index contributed by atoms with van der Waals surface area (Å²) in [6, 6.07) is 5.77. The van der Waals surface area contributed by atoms with E-state index in [0.29, 0.717) is 5.56 Å². The lowest BCUT2D eigenvalue weighted by atomic mass is 9.97. The van der Waals surface area contributed by atoms with E-state index < -0.39 is 41.1 Å². The molecule has 1 rings (SSSR count). The van der Waals surface area contributed by atoms with E-state index >= 15 is 0 Å². The van der Waals surface area contributed by atoms with Crippen molar-refractivity contribution in [3.8, 4) is 12.5 Å². The number of hydrogen-bond acceptors (Lipinski definition) is 4. The second-order valence-corrected chi connectivity index (χ2v) is 9.69. The predicted molar refractivity (Wildman–Crippen MR) is 121 cm³/mol. The Bertz CT molecular complexity index is 872. The molecule has 31 heavy (non-hydrogen) atoms. The van der Waals surface area contributed by atoms with Crippen molar-refractivity contribution >= 4 is 17.9 Å². The van der Waals surface area contributed by atoms with Gasteiger partial charge in [0.2, 0.25) is 5.91 Å². The number of alkyl carbamates (subject to hydrolysis) is 1. The van der Waals surface area contributed by atoms with E-state index in [1.165, 1.54) is 6.92 Å². The molecule has 0 saturated carbocycles. The van der Waals surface area contributed by atoms with Crippen molar-refractivity contribution in [2.75, 3.05) is 0 Å². The molecule has 0 aromatic heterocycles. The van der Waals surface area contributed by atoms with Crippen LogP contribution in [0.4, 0.5) is 4.79 Å². The Morgan fingerprint density at radius 1 is 1.06 bits per heavy atom. The van der Waals surface area contributed by atoms with Crippen molar-refractivity contribution in [3.05, 3.63) is 34.9 Å². The van der Waals surface area contributed by atoms with Gasteiger partial charge in [0.05, 0.1) is 0 Å². The second kappa shape index (κ2) is 9.86. The third-order valence-electron chi connectivity index (χ3n) is 4.33. The topological polar surface area (TPSA) is 87.7 Å². The number of terminal acetylenes is 1. The van der Waals surface area contributed by atoms with Gasteiger partial charge < -0.3 is 15.4 Å². The minimum absolute atomic E-state index is 0.411. The summed E-state index contributed by atoms with van der Waals surface area (Å²) in [5.41, 5.74) is 1.36. The van der Waals surface area contributed by atoms with Crippen molar-refractivity contribution in [2.24, 2.45) is 0 Å². The Hall–Kier alpha value is -3.01. The molecule has 7 nitrogen and oxygen atoms in total. The number of nitrogens with one attached hydrogen (secondary N) is 2. The van der Waals surface area contributed by atoms with Crippen LogP contribution in [0, 0.1) is 26.3 Å². The lowest BCUT2D eigenvalue weighted by Gasteiger charge is -2.32. The largest absolute Gasteiger partial charge is 0.444 e. The monoisotopic (exact) mass is 429 g/mol. The molecule has 0 radical (unpaired) electrons. The van der Waals surface area contributed by atoms with Gasteiger partial charge in [0.25, 0.3) is 5.91 Å². The fourth-order valence-corrected chi connectivity index (χ4v) is 2.81. The van der Waals surface area contributed by atoms with Gasteiger partial charge in [0, 0.05) is 11.6 Å². The molecule has 0 heterocycles. The smallest absolute Gasteiger partial charge is 0.408 e. The molecule has 1 aromatic rings. The van der Waals surface area contributed by atoms with E-state index in [4.69, 9.17) is 11.2 Å². The van der Waals surface area contributed by atoms with Crippen molar-refractivity contribution in [1.82, 2.24) is 15.5 Å². The molecule has 2 atom stereocenters. The minimum Gasteiger partial charge on any atom is -0.444 e. The summed E-state index contributed by atoms with van der Waals surface area (Å²) in [5, 5.41) is 5.38. The van der Waals surface area contributed by atoms with Gasteiger partial charge in [-0.1, -0.05) is 24.6 Å². The molecule has 0 spiro atoms. The molecule has 7 heteroatoms. The maximum absolute atomic E-state index is 13.2. The van der Waals surface area contributed by atoms with E-state index in [2.05, 4.69) is 16.7 Å². The summed E-state index contributed by atoms with van der Waals surface area (Å²) >= 11 is 0. The summed E-state index contributed by atoms with van der Waals surface area (Å²) in [6.45, 7) is 16.1. The van der Waals surface area contributed by atoms with E-state index in [1.54, 1.807) is 26.8 Å². The van der Waals surface area contributed by atoms with Crippen molar-refractivity contribution in [1.29, 1.82) is 0 Å². The average Bonchev–Trinajstić information content (AvgIpc) is 2.58. The van der Waals surface area contributed by atoms with Crippen LogP contribution in [0.1, 0.15) is 71.2 Å². The Kier molecular flexibility index (Phi) is 8.28. The predicted octanol–water partition coefficient (Wildman–Crippen LogP) is 3.59. The first-order valence-corrected chi connectivity index (χ1v) is 10.2. The molecule has 1 aromatic carbocycles. The van der Waals surface area contributed by atoms with Gasteiger partial charge in [-0.25, -0.2) is 4.79 Å². The first-order chi connectivity index (χ1) is 14.1. The zero-order chi connectivity index (χ0) is 24.1. The number of ether oxygens (including phenoxy) is 1. The van der Waals surface area contributed by atoms with Gasteiger partial charge >= 0.3 is 6.09 Å². The van der Waals surface area contributed by atoms with Crippen LogP contribution in [-0.4, -0.2) is 40.0 Å². The van der Waals surface area contributed by atoms with E-state index in [0.717, 1.165) is 16.0 Å². The Labute approximate surface area is 185 Å². The molecular weight excluding hydrogens is 394 g/mol. The SMILES string of the molecule is C#CN(C(=O)C(C)NC(=O)OC(C)(C)C)C(C(=O)NC(C)(C)C)c1ccc(C)c(C)c1. The molecular formula is C24H35N3O4. The molecule has 0 aliphatic carbocycles. The van der Waals surface area contributed by atoms with Gasteiger partial charge in [-0.05, 0) is 79.0 Å². The minimum atomic E-state index is -1.06. The quantitative estimate of drug-likeness (QED) is 0.553. The number of nitrogens with zero attached hydrogens (tertiary/aromatic N) is 1. The third-order valence-corrected chi connectivity index (χ3v) is 4.33. The van der Waals surface area contributed by atoms with Crippen molar-refractivity contribution in [3.63, 3.8) is 0 Å². The van der Waals surface area contributed by atoms with Crippen LogP contribution in [0.5, 0.6) is 0 Å². The standard InChI is InChI=1S/C24H35N3O4/c1-11-27(21(29)17(4)25-22(30)31-24(8,9)10)19(20(28)26-23(5,6)7)18-13-12-15(2)16(3)14-18/h1,12-14,17,19H,2-10H3,(H,25,30)(H,26,28). The first kappa shape index (κ1) is 26.0. The number of aryl methyl sites for hydroxylation is 2. The van der Waals surface area contributed by atoms with Crippen LogP contribution in [0.15, 0.2) is 18.2 Å². The van der Waals surface area contributed by atoms with Crippen molar-refractivity contribution in [2.45, 2.75) is 85.5 Å². The number of carbonyl (C=O) groups excluding carboxylic acids is 3. The average molecular weight is 430 g/mol.